The fourth-order valence-corrected chi connectivity index (χ4v) is 2.22. The number of benzene rings is 2. The largest absolute Gasteiger partial charge is 0.492 e. The van der Waals surface area contributed by atoms with E-state index < -0.39 is 18.5 Å². The molecule has 0 unspecified atom stereocenters. The Balaban J connectivity index is 1.69. The zero-order chi connectivity index (χ0) is 18.2. The number of anilines is 1. The highest BCUT2D eigenvalue weighted by Gasteiger charge is 2.13. The number of carbonyl (C=O) groups excluding carboxylic acids is 2. The van der Waals surface area contributed by atoms with E-state index in [9.17, 15) is 9.59 Å². The molecule has 0 aliphatic carbocycles. The van der Waals surface area contributed by atoms with E-state index in [-0.39, 0.29) is 11.3 Å². The van der Waals surface area contributed by atoms with Crippen molar-refractivity contribution in [2.75, 3.05) is 25.5 Å². The molecule has 25 heavy (non-hydrogen) atoms. The summed E-state index contributed by atoms with van der Waals surface area (Å²) < 4.78 is 10.4. The number of amides is 1. The Kier molecular flexibility index (Phi) is 6.65. The Hall–Kier alpha value is -2.73. The quantitative estimate of drug-likeness (QED) is 0.449. The van der Waals surface area contributed by atoms with E-state index in [1.165, 1.54) is 18.2 Å². The maximum atomic E-state index is 11.9. The standard InChI is InChI=1S/C18H19ClN2O4/c1-12-3-2-4-14(9-12)24-8-7-21-17(22)11-25-18(23)15-6-5-13(19)10-16(15)20/h2-6,9-10H,7-8,11,20H2,1H3,(H,21,22). The number of halogens is 1. The number of hydrogen-bond donors (Lipinski definition) is 2. The third-order valence-corrected chi connectivity index (χ3v) is 3.49. The van der Waals surface area contributed by atoms with Crippen LogP contribution in [0.25, 0.3) is 0 Å². The molecule has 2 rings (SSSR count). The zero-order valence-electron chi connectivity index (χ0n) is 13.8. The molecule has 3 N–H and O–H groups in total. The first kappa shape index (κ1) is 18.6. The van der Waals surface area contributed by atoms with E-state index >= 15 is 0 Å². The summed E-state index contributed by atoms with van der Waals surface area (Å²) in [5, 5.41) is 3.02. The molecule has 1 amide bonds. The third-order valence-electron chi connectivity index (χ3n) is 3.25. The van der Waals surface area contributed by atoms with E-state index in [1.54, 1.807) is 0 Å². The predicted octanol–water partition coefficient (Wildman–Crippen LogP) is 2.58. The molecule has 0 radical (unpaired) electrons. The van der Waals surface area contributed by atoms with Gasteiger partial charge in [0.1, 0.15) is 12.4 Å². The molecule has 0 fully saturated rings. The summed E-state index contributed by atoms with van der Waals surface area (Å²) in [4.78, 5) is 23.6. The summed E-state index contributed by atoms with van der Waals surface area (Å²) in [6.07, 6.45) is 0. The van der Waals surface area contributed by atoms with Crippen molar-refractivity contribution in [2.45, 2.75) is 6.92 Å². The maximum Gasteiger partial charge on any atom is 0.340 e. The molecular formula is C18H19ClN2O4. The van der Waals surface area contributed by atoms with Crippen LogP contribution in [0.2, 0.25) is 5.02 Å². The van der Waals surface area contributed by atoms with Crippen molar-refractivity contribution in [1.82, 2.24) is 5.32 Å². The number of carbonyl (C=O) groups is 2. The van der Waals surface area contributed by atoms with Gasteiger partial charge >= 0.3 is 5.97 Å². The summed E-state index contributed by atoms with van der Waals surface area (Å²) in [5.74, 6) is -0.368. The first-order chi connectivity index (χ1) is 12.0. The number of esters is 1. The molecule has 0 aliphatic rings. The summed E-state index contributed by atoms with van der Waals surface area (Å²) in [7, 11) is 0. The number of ether oxygens (including phenoxy) is 2. The lowest BCUT2D eigenvalue weighted by atomic mass is 10.2. The van der Waals surface area contributed by atoms with Gasteiger partial charge in [-0.05, 0) is 42.8 Å². The monoisotopic (exact) mass is 362 g/mol. The van der Waals surface area contributed by atoms with E-state index in [4.69, 9.17) is 26.8 Å². The predicted molar refractivity (Wildman–Crippen MR) is 95.8 cm³/mol. The fraction of sp³-hybridized carbons (Fsp3) is 0.222. The second kappa shape index (κ2) is 8.94. The molecule has 6 nitrogen and oxygen atoms in total. The van der Waals surface area contributed by atoms with Crippen LogP contribution in [0.3, 0.4) is 0 Å². The Bertz CT molecular complexity index is 764. The van der Waals surface area contributed by atoms with Gasteiger partial charge in [0.15, 0.2) is 6.61 Å². The van der Waals surface area contributed by atoms with Crippen molar-refractivity contribution < 1.29 is 19.1 Å². The molecule has 0 aliphatic heterocycles. The summed E-state index contributed by atoms with van der Waals surface area (Å²) in [6, 6.07) is 12.0. The molecule has 2 aromatic carbocycles. The molecule has 0 heterocycles. The lowest BCUT2D eigenvalue weighted by Gasteiger charge is -2.09. The van der Waals surface area contributed by atoms with Crippen LogP contribution in [0.5, 0.6) is 5.75 Å². The molecule has 0 bridgehead atoms. The van der Waals surface area contributed by atoms with Crippen molar-refractivity contribution in [3.63, 3.8) is 0 Å². The van der Waals surface area contributed by atoms with Gasteiger partial charge in [-0.25, -0.2) is 4.79 Å². The van der Waals surface area contributed by atoms with Crippen LogP contribution in [0.4, 0.5) is 5.69 Å². The van der Waals surface area contributed by atoms with Crippen LogP contribution in [0.1, 0.15) is 15.9 Å². The molecule has 2 aromatic rings. The van der Waals surface area contributed by atoms with Crippen LogP contribution >= 0.6 is 11.6 Å². The van der Waals surface area contributed by atoms with Crippen molar-refractivity contribution in [3.05, 3.63) is 58.6 Å². The van der Waals surface area contributed by atoms with Crippen LogP contribution in [0.15, 0.2) is 42.5 Å². The number of nitrogens with one attached hydrogen (secondary N) is 1. The van der Waals surface area contributed by atoms with Crippen molar-refractivity contribution in [3.8, 4) is 5.75 Å². The Morgan fingerprint density at radius 3 is 2.72 bits per heavy atom. The topological polar surface area (TPSA) is 90.6 Å². The average Bonchev–Trinajstić information content (AvgIpc) is 2.56. The number of nitrogen functional groups attached to an aromatic ring is 1. The first-order valence-electron chi connectivity index (χ1n) is 7.64. The van der Waals surface area contributed by atoms with Gasteiger partial charge in [-0.1, -0.05) is 23.7 Å². The second-order valence-electron chi connectivity index (χ2n) is 5.32. The molecule has 0 saturated carbocycles. The number of hydrogen-bond acceptors (Lipinski definition) is 5. The van der Waals surface area contributed by atoms with E-state index in [2.05, 4.69) is 5.32 Å². The molecule has 132 valence electrons. The van der Waals surface area contributed by atoms with Gasteiger partial charge in [-0.3, -0.25) is 4.79 Å². The van der Waals surface area contributed by atoms with Crippen LogP contribution in [0, 0.1) is 6.92 Å². The Labute approximate surface area is 150 Å². The Morgan fingerprint density at radius 1 is 1.20 bits per heavy atom. The molecule has 0 saturated heterocycles. The summed E-state index contributed by atoms with van der Waals surface area (Å²) in [5.41, 5.74) is 7.15. The second-order valence-corrected chi connectivity index (χ2v) is 5.76. The molecule has 0 spiro atoms. The van der Waals surface area contributed by atoms with Gasteiger partial charge in [0, 0.05) is 10.7 Å². The highest BCUT2D eigenvalue weighted by atomic mass is 35.5. The zero-order valence-corrected chi connectivity index (χ0v) is 14.5. The minimum Gasteiger partial charge on any atom is -0.492 e. The van der Waals surface area contributed by atoms with Gasteiger partial charge in [0.05, 0.1) is 12.1 Å². The highest BCUT2D eigenvalue weighted by Crippen LogP contribution is 2.18. The normalized spacial score (nSPS) is 10.2. The van der Waals surface area contributed by atoms with E-state index in [1.807, 2.05) is 31.2 Å². The number of aryl methyl sites for hydroxylation is 1. The summed E-state index contributed by atoms with van der Waals surface area (Å²) in [6.45, 7) is 2.18. The molecule has 0 atom stereocenters. The van der Waals surface area contributed by atoms with Crippen molar-refractivity contribution in [1.29, 1.82) is 0 Å². The van der Waals surface area contributed by atoms with Gasteiger partial charge in [0.25, 0.3) is 5.91 Å². The molecule has 0 aromatic heterocycles. The first-order valence-corrected chi connectivity index (χ1v) is 8.02. The SMILES string of the molecule is Cc1cccc(OCCNC(=O)COC(=O)c2ccc(Cl)cc2N)c1. The van der Waals surface area contributed by atoms with Crippen LogP contribution in [-0.2, 0) is 9.53 Å². The number of rotatable bonds is 7. The smallest absolute Gasteiger partial charge is 0.340 e. The summed E-state index contributed by atoms with van der Waals surface area (Å²) >= 11 is 5.76. The minimum absolute atomic E-state index is 0.167. The van der Waals surface area contributed by atoms with Gasteiger partial charge in [-0.2, -0.15) is 0 Å². The van der Waals surface area contributed by atoms with Gasteiger partial charge in [-0.15, -0.1) is 0 Å². The number of nitrogens with two attached hydrogens (primary N) is 1. The third kappa shape index (κ3) is 6.00. The fourth-order valence-electron chi connectivity index (χ4n) is 2.04. The Morgan fingerprint density at radius 2 is 2.00 bits per heavy atom. The van der Waals surface area contributed by atoms with E-state index in [0.29, 0.717) is 18.2 Å². The van der Waals surface area contributed by atoms with Gasteiger partial charge < -0.3 is 20.5 Å². The average molecular weight is 363 g/mol. The lowest BCUT2D eigenvalue weighted by Crippen LogP contribution is -2.32. The van der Waals surface area contributed by atoms with Crippen LogP contribution in [-0.4, -0.2) is 31.6 Å². The van der Waals surface area contributed by atoms with E-state index in [0.717, 1.165) is 11.3 Å². The minimum atomic E-state index is -0.680. The molecular weight excluding hydrogens is 344 g/mol. The van der Waals surface area contributed by atoms with Gasteiger partial charge in [0.2, 0.25) is 0 Å². The van der Waals surface area contributed by atoms with Crippen LogP contribution < -0.4 is 15.8 Å². The lowest BCUT2D eigenvalue weighted by molar-refractivity contribution is -0.124. The van der Waals surface area contributed by atoms with Crippen molar-refractivity contribution >= 4 is 29.2 Å². The van der Waals surface area contributed by atoms with Crippen molar-refractivity contribution in [2.24, 2.45) is 0 Å². The highest BCUT2D eigenvalue weighted by molar-refractivity contribution is 6.31. The maximum absolute atomic E-state index is 11.9. The molecule has 7 heteroatoms.